The Balaban J connectivity index is 1.94. The molecule has 30 heavy (non-hydrogen) atoms. The van der Waals surface area contributed by atoms with Crippen LogP contribution in [0.5, 0.6) is 0 Å². The molecule has 1 heterocycles. The molecule has 1 aliphatic heterocycles. The summed E-state index contributed by atoms with van der Waals surface area (Å²) in [7, 11) is -3.80. The second-order valence-corrected chi connectivity index (χ2v) is 10.2. The van der Waals surface area contributed by atoms with Crippen LogP contribution < -0.4 is 20.3 Å². The van der Waals surface area contributed by atoms with Crippen LogP contribution in [0.2, 0.25) is 0 Å². The zero-order chi connectivity index (χ0) is 21.7. The predicted molar refractivity (Wildman–Crippen MR) is 124 cm³/mol. The molecule has 0 aliphatic carbocycles. The lowest BCUT2D eigenvalue weighted by Gasteiger charge is -2.31. The first-order valence-corrected chi connectivity index (χ1v) is 12.2. The van der Waals surface area contributed by atoms with Crippen LogP contribution in [0.1, 0.15) is 24.2 Å². The molecule has 1 aliphatic rings. The number of anilines is 2. The summed E-state index contributed by atoms with van der Waals surface area (Å²) in [6, 6.07) is 11.6. The summed E-state index contributed by atoms with van der Waals surface area (Å²) in [5.74, 6) is 0.101. The van der Waals surface area contributed by atoms with Gasteiger partial charge in [0.05, 0.1) is 16.3 Å². The molecule has 9 heteroatoms. The van der Waals surface area contributed by atoms with E-state index >= 15 is 0 Å². The van der Waals surface area contributed by atoms with E-state index in [2.05, 4.69) is 36.2 Å². The molecule has 0 bridgehead atoms. The van der Waals surface area contributed by atoms with Gasteiger partial charge in [-0.25, -0.2) is 8.42 Å². The number of nitrogens with zero attached hydrogens (tertiary/aromatic N) is 1. The molecule has 0 unspecified atom stereocenters. The zero-order valence-corrected chi connectivity index (χ0v) is 19.5. The van der Waals surface area contributed by atoms with Gasteiger partial charge >= 0.3 is 0 Å². The van der Waals surface area contributed by atoms with E-state index in [1.165, 1.54) is 12.1 Å². The van der Waals surface area contributed by atoms with Crippen molar-refractivity contribution in [3.05, 3.63) is 52.5 Å². The molecule has 1 saturated heterocycles. The normalized spacial score (nSPS) is 14.6. The largest absolute Gasteiger partial charge is 0.367 e. The molecule has 1 amide bonds. The van der Waals surface area contributed by atoms with Crippen LogP contribution in [-0.2, 0) is 10.0 Å². The summed E-state index contributed by atoms with van der Waals surface area (Å²) in [4.78, 5) is 14.8. The fourth-order valence-corrected chi connectivity index (χ4v) is 4.49. The van der Waals surface area contributed by atoms with Gasteiger partial charge in [0.1, 0.15) is 0 Å². The number of nitrogens with one attached hydrogen (secondary N) is 3. The Labute approximate surface area is 186 Å². The van der Waals surface area contributed by atoms with Gasteiger partial charge in [0, 0.05) is 42.8 Å². The van der Waals surface area contributed by atoms with Crippen molar-refractivity contribution in [2.75, 3.05) is 42.3 Å². The van der Waals surface area contributed by atoms with Gasteiger partial charge < -0.3 is 15.5 Å². The van der Waals surface area contributed by atoms with E-state index in [0.717, 1.165) is 36.3 Å². The Morgan fingerprint density at radius 2 is 1.80 bits per heavy atom. The monoisotopic (exact) mass is 494 g/mol. The Hall–Kier alpha value is -2.10. The van der Waals surface area contributed by atoms with Gasteiger partial charge in [-0.3, -0.25) is 9.52 Å². The summed E-state index contributed by atoms with van der Waals surface area (Å²) in [6.07, 6.45) is 0. The maximum Gasteiger partial charge on any atom is 0.261 e. The predicted octanol–water partition coefficient (Wildman–Crippen LogP) is 3.05. The lowest BCUT2D eigenvalue weighted by molar-refractivity contribution is 0.0949. The molecule has 3 N–H and O–H groups in total. The Morgan fingerprint density at radius 3 is 2.43 bits per heavy atom. The van der Waals surface area contributed by atoms with Crippen molar-refractivity contribution in [1.82, 2.24) is 10.6 Å². The summed E-state index contributed by atoms with van der Waals surface area (Å²) in [5.41, 5.74) is 1.58. The highest BCUT2D eigenvalue weighted by atomic mass is 79.9. The van der Waals surface area contributed by atoms with Crippen molar-refractivity contribution < 1.29 is 13.2 Å². The third-order valence-corrected chi connectivity index (χ3v) is 6.67. The standard InChI is InChI=1S/C21H27BrN4O3S/c1-15(2)14-24-21(27)16-3-8-20(26-11-9-23-10-12-26)19(13-16)25-30(28,29)18-6-4-17(22)5-7-18/h3-8,13,15,23,25H,9-12,14H2,1-2H3,(H,24,27). The van der Waals surface area contributed by atoms with Crippen molar-refractivity contribution in [1.29, 1.82) is 0 Å². The number of benzene rings is 2. The molecule has 2 aromatic rings. The van der Waals surface area contributed by atoms with Crippen LogP contribution >= 0.6 is 15.9 Å². The maximum atomic E-state index is 13.0. The smallest absolute Gasteiger partial charge is 0.261 e. The van der Waals surface area contributed by atoms with Gasteiger partial charge in [-0.1, -0.05) is 29.8 Å². The average Bonchev–Trinajstić information content (AvgIpc) is 2.72. The second kappa shape index (κ2) is 9.80. The SMILES string of the molecule is CC(C)CNC(=O)c1ccc(N2CCNCC2)c(NS(=O)(=O)c2ccc(Br)cc2)c1. The van der Waals surface area contributed by atoms with Gasteiger partial charge in [0.2, 0.25) is 0 Å². The molecule has 0 aromatic heterocycles. The number of carbonyl (C=O) groups is 1. The summed E-state index contributed by atoms with van der Waals surface area (Å²) in [5, 5.41) is 6.17. The number of carbonyl (C=O) groups excluding carboxylic acids is 1. The van der Waals surface area contributed by atoms with E-state index in [-0.39, 0.29) is 10.8 Å². The number of sulfonamides is 1. The molecule has 2 aromatic carbocycles. The van der Waals surface area contributed by atoms with Crippen molar-refractivity contribution in [2.45, 2.75) is 18.7 Å². The number of halogens is 1. The Kier molecular flexibility index (Phi) is 7.38. The number of piperazine rings is 1. The lowest BCUT2D eigenvalue weighted by atomic mass is 10.1. The zero-order valence-electron chi connectivity index (χ0n) is 17.1. The number of hydrogen-bond acceptors (Lipinski definition) is 5. The van der Waals surface area contributed by atoms with Gasteiger partial charge in [0.15, 0.2) is 0 Å². The van der Waals surface area contributed by atoms with Crippen molar-refractivity contribution in [3.63, 3.8) is 0 Å². The van der Waals surface area contributed by atoms with Crippen molar-refractivity contribution in [2.24, 2.45) is 5.92 Å². The summed E-state index contributed by atoms with van der Waals surface area (Å²) < 4.78 is 29.5. The Morgan fingerprint density at radius 1 is 1.13 bits per heavy atom. The molecule has 0 saturated carbocycles. The van der Waals surface area contributed by atoms with E-state index in [9.17, 15) is 13.2 Å². The summed E-state index contributed by atoms with van der Waals surface area (Å²) >= 11 is 3.32. The van der Waals surface area contributed by atoms with Gasteiger partial charge in [-0.15, -0.1) is 0 Å². The highest BCUT2D eigenvalue weighted by Gasteiger charge is 2.21. The highest BCUT2D eigenvalue weighted by Crippen LogP contribution is 2.30. The third kappa shape index (κ3) is 5.74. The van der Waals surface area contributed by atoms with Crippen LogP contribution in [0.15, 0.2) is 51.8 Å². The van der Waals surface area contributed by atoms with Crippen LogP contribution in [0, 0.1) is 5.92 Å². The minimum absolute atomic E-state index is 0.159. The fraction of sp³-hybridized carbons (Fsp3) is 0.381. The van der Waals surface area contributed by atoms with Crippen molar-refractivity contribution in [3.8, 4) is 0 Å². The van der Waals surface area contributed by atoms with Crippen LogP contribution in [0.3, 0.4) is 0 Å². The molecule has 0 radical (unpaired) electrons. The molecular weight excluding hydrogens is 468 g/mol. The maximum absolute atomic E-state index is 13.0. The van der Waals surface area contributed by atoms with Gasteiger partial charge in [-0.05, 0) is 48.4 Å². The lowest BCUT2D eigenvalue weighted by Crippen LogP contribution is -2.43. The van der Waals surface area contributed by atoms with E-state index in [4.69, 9.17) is 0 Å². The molecule has 7 nitrogen and oxygen atoms in total. The van der Waals surface area contributed by atoms with Crippen LogP contribution in [-0.4, -0.2) is 47.0 Å². The number of rotatable bonds is 7. The molecule has 0 spiro atoms. The van der Waals surface area contributed by atoms with Crippen LogP contribution in [0.4, 0.5) is 11.4 Å². The quantitative estimate of drug-likeness (QED) is 0.550. The first-order valence-electron chi connectivity index (χ1n) is 9.92. The topological polar surface area (TPSA) is 90.5 Å². The fourth-order valence-electron chi connectivity index (χ4n) is 3.16. The van der Waals surface area contributed by atoms with Crippen molar-refractivity contribution >= 4 is 43.2 Å². The molecule has 1 fully saturated rings. The number of amides is 1. The van der Waals surface area contributed by atoms with E-state index in [1.54, 1.807) is 24.3 Å². The van der Waals surface area contributed by atoms with E-state index < -0.39 is 10.0 Å². The van der Waals surface area contributed by atoms with Gasteiger partial charge in [-0.2, -0.15) is 0 Å². The second-order valence-electron chi connectivity index (χ2n) is 7.63. The number of hydrogen-bond donors (Lipinski definition) is 3. The average molecular weight is 495 g/mol. The third-order valence-electron chi connectivity index (χ3n) is 4.76. The first kappa shape index (κ1) is 22.6. The van der Waals surface area contributed by atoms with Gasteiger partial charge in [0.25, 0.3) is 15.9 Å². The minimum Gasteiger partial charge on any atom is -0.367 e. The molecule has 3 rings (SSSR count). The summed E-state index contributed by atoms with van der Waals surface area (Å²) in [6.45, 7) is 7.73. The first-order chi connectivity index (χ1) is 14.3. The Bertz CT molecular complexity index is 988. The minimum atomic E-state index is -3.80. The molecule has 162 valence electrons. The van der Waals surface area contributed by atoms with E-state index in [0.29, 0.717) is 23.7 Å². The molecular formula is C21H27BrN4O3S. The van der Waals surface area contributed by atoms with E-state index in [1.807, 2.05) is 19.9 Å². The van der Waals surface area contributed by atoms with Crippen LogP contribution in [0.25, 0.3) is 0 Å². The highest BCUT2D eigenvalue weighted by molar-refractivity contribution is 9.10. The molecule has 0 atom stereocenters.